The summed E-state index contributed by atoms with van der Waals surface area (Å²) in [6.07, 6.45) is 0. The fraction of sp³-hybridized carbons (Fsp3) is 0.333. The van der Waals surface area contributed by atoms with Gasteiger partial charge in [0.15, 0.2) is 0 Å². The SMILES string of the molecule is COc1cccc(CN(C(=O)CN(c2ccccc2Cl)S(=O)(=O)c2ccc(C)cc2)C(C)C(=O)NC(C)(C)C)c1. The summed E-state index contributed by atoms with van der Waals surface area (Å²) in [6.45, 7) is 8.49. The summed E-state index contributed by atoms with van der Waals surface area (Å²) in [5.74, 6) is -0.347. The number of hydrogen-bond donors (Lipinski definition) is 1. The van der Waals surface area contributed by atoms with Crippen LogP contribution >= 0.6 is 11.6 Å². The van der Waals surface area contributed by atoms with E-state index in [-0.39, 0.29) is 28.1 Å². The molecular weight excluding hydrogens is 550 g/mol. The van der Waals surface area contributed by atoms with Crippen LogP contribution in [0.3, 0.4) is 0 Å². The minimum absolute atomic E-state index is 0.0173. The highest BCUT2D eigenvalue weighted by Crippen LogP contribution is 2.31. The first-order chi connectivity index (χ1) is 18.7. The molecule has 1 unspecified atom stereocenters. The molecule has 214 valence electrons. The normalized spacial score (nSPS) is 12.4. The van der Waals surface area contributed by atoms with Crippen LogP contribution in [0.25, 0.3) is 0 Å². The van der Waals surface area contributed by atoms with Gasteiger partial charge in [-0.1, -0.05) is 53.6 Å². The van der Waals surface area contributed by atoms with Crippen LogP contribution < -0.4 is 14.4 Å². The molecule has 0 fully saturated rings. The number of halogens is 1. The number of benzene rings is 3. The third-order valence-electron chi connectivity index (χ3n) is 6.16. The molecule has 0 aliphatic rings. The summed E-state index contributed by atoms with van der Waals surface area (Å²) in [4.78, 5) is 28.6. The van der Waals surface area contributed by atoms with Gasteiger partial charge in [-0.05, 0) is 76.6 Å². The average molecular weight is 586 g/mol. The fourth-order valence-electron chi connectivity index (χ4n) is 4.03. The smallest absolute Gasteiger partial charge is 0.264 e. The third kappa shape index (κ3) is 7.76. The molecule has 0 aliphatic heterocycles. The molecule has 3 aromatic carbocycles. The van der Waals surface area contributed by atoms with Gasteiger partial charge in [0.2, 0.25) is 11.8 Å². The van der Waals surface area contributed by atoms with Crippen LogP contribution in [0, 0.1) is 6.92 Å². The zero-order chi connectivity index (χ0) is 29.7. The second-order valence-electron chi connectivity index (χ2n) is 10.6. The Morgan fingerprint density at radius 3 is 2.25 bits per heavy atom. The van der Waals surface area contributed by atoms with Crippen molar-refractivity contribution in [2.45, 2.75) is 57.6 Å². The molecule has 10 heteroatoms. The summed E-state index contributed by atoms with van der Waals surface area (Å²) in [7, 11) is -2.66. The lowest BCUT2D eigenvalue weighted by atomic mass is 10.1. The van der Waals surface area contributed by atoms with Gasteiger partial charge in [0.25, 0.3) is 10.0 Å². The summed E-state index contributed by atoms with van der Waals surface area (Å²) < 4.78 is 34.1. The third-order valence-corrected chi connectivity index (χ3v) is 8.26. The molecule has 40 heavy (non-hydrogen) atoms. The summed E-state index contributed by atoms with van der Waals surface area (Å²) in [5.41, 5.74) is 1.23. The first-order valence-corrected chi connectivity index (χ1v) is 14.6. The zero-order valence-corrected chi connectivity index (χ0v) is 25.2. The monoisotopic (exact) mass is 585 g/mol. The molecule has 0 saturated heterocycles. The zero-order valence-electron chi connectivity index (χ0n) is 23.6. The van der Waals surface area contributed by atoms with Crippen LogP contribution in [0.4, 0.5) is 5.69 Å². The molecule has 0 saturated carbocycles. The van der Waals surface area contributed by atoms with Gasteiger partial charge >= 0.3 is 0 Å². The van der Waals surface area contributed by atoms with Crippen LogP contribution in [-0.2, 0) is 26.2 Å². The average Bonchev–Trinajstić information content (AvgIpc) is 2.89. The van der Waals surface area contributed by atoms with E-state index in [0.29, 0.717) is 11.3 Å². The molecule has 0 bridgehead atoms. The molecule has 0 heterocycles. The van der Waals surface area contributed by atoms with Gasteiger partial charge in [-0.25, -0.2) is 8.42 Å². The van der Waals surface area contributed by atoms with Crippen molar-refractivity contribution in [2.24, 2.45) is 0 Å². The number of nitrogens with zero attached hydrogens (tertiary/aromatic N) is 2. The number of rotatable bonds is 10. The second kappa shape index (κ2) is 12.7. The van der Waals surface area contributed by atoms with E-state index < -0.39 is 34.1 Å². The van der Waals surface area contributed by atoms with Crippen molar-refractivity contribution in [3.05, 3.63) is 88.9 Å². The Morgan fingerprint density at radius 1 is 1.00 bits per heavy atom. The number of amides is 2. The maximum Gasteiger partial charge on any atom is 0.264 e. The highest BCUT2D eigenvalue weighted by Gasteiger charge is 2.34. The molecule has 1 N–H and O–H groups in total. The van der Waals surface area contributed by atoms with Crippen LogP contribution in [0.15, 0.2) is 77.7 Å². The largest absolute Gasteiger partial charge is 0.497 e. The van der Waals surface area contributed by atoms with Crippen LogP contribution in [0.2, 0.25) is 5.02 Å². The number of aryl methyl sites for hydroxylation is 1. The van der Waals surface area contributed by atoms with Crippen molar-refractivity contribution in [2.75, 3.05) is 18.0 Å². The molecule has 2 amide bonds. The Morgan fingerprint density at radius 2 is 1.65 bits per heavy atom. The number of para-hydroxylation sites is 1. The highest BCUT2D eigenvalue weighted by molar-refractivity contribution is 7.92. The van der Waals surface area contributed by atoms with Crippen molar-refractivity contribution < 1.29 is 22.7 Å². The van der Waals surface area contributed by atoms with Crippen LogP contribution in [0.5, 0.6) is 5.75 Å². The van der Waals surface area contributed by atoms with Crippen molar-refractivity contribution in [3.63, 3.8) is 0 Å². The van der Waals surface area contributed by atoms with Crippen molar-refractivity contribution in [1.29, 1.82) is 0 Å². The van der Waals surface area contributed by atoms with Gasteiger partial charge in [-0.3, -0.25) is 13.9 Å². The van der Waals surface area contributed by atoms with Crippen LogP contribution in [-0.4, -0.2) is 50.4 Å². The van der Waals surface area contributed by atoms with Crippen molar-refractivity contribution >= 4 is 39.1 Å². The maximum atomic E-state index is 14.0. The van der Waals surface area contributed by atoms with Crippen molar-refractivity contribution in [3.8, 4) is 5.75 Å². The molecule has 3 rings (SSSR count). The second-order valence-corrected chi connectivity index (χ2v) is 12.8. The Labute approximate surface area is 241 Å². The van der Waals surface area contributed by atoms with E-state index in [1.165, 1.54) is 17.0 Å². The fourth-order valence-corrected chi connectivity index (χ4v) is 5.75. The number of carbonyl (C=O) groups excluding carboxylic acids is 2. The molecular formula is C30H36ClN3O5S. The number of nitrogens with one attached hydrogen (secondary N) is 1. The number of carbonyl (C=O) groups is 2. The van der Waals surface area contributed by atoms with Crippen LogP contribution in [0.1, 0.15) is 38.8 Å². The quantitative estimate of drug-likeness (QED) is 0.353. The summed E-state index contributed by atoms with van der Waals surface area (Å²) in [5, 5.41) is 3.08. The Bertz CT molecular complexity index is 1450. The van der Waals surface area contributed by atoms with Gasteiger partial charge in [-0.15, -0.1) is 0 Å². The van der Waals surface area contributed by atoms with E-state index in [0.717, 1.165) is 9.87 Å². The maximum absolute atomic E-state index is 14.0. The van der Waals surface area contributed by atoms with E-state index in [4.69, 9.17) is 16.3 Å². The lowest BCUT2D eigenvalue weighted by molar-refractivity contribution is -0.140. The first-order valence-electron chi connectivity index (χ1n) is 12.8. The van der Waals surface area contributed by atoms with E-state index in [2.05, 4.69) is 5.32 Å². The summed E-state index contributed by atoms with van der Waals surface area (Å²) in [6, 6.07) is 19.0. The Kier molecular flexibility index (Phi) is 9.87. The molecule has 0 spiro atoms. The Hall–Kier alpha value is -3.56. The minimum Gasteiger partial charge on any atom is -0.497 e. The van der Waals surface area contributed by atoms with Gasteiger partial charge in [0.1, 0.15) is 18.3 Å². The topological polar surface area (TPSA) is 96.0 Å². The van der Waals surface area contributed by atoms with Crippen molar-refractivity contribution in [1.82, 2.24) is 10.2 Å². The van der Waals surface area contributed by atoms with Gasteiger partial charge in [0, 0.05) is 12.1 Å². The summed E-state index contributed by atoms with van der Waals surface area (Å²) >= 11 is 6.44. The first kappa shape index (κ1) is 31.0. The molecule has 3 aromatic rings. The van der Waals surface area contributed by atoms with E-state index in [1.54, 1.807) is 68.6 Å². The van der Waals surface area contributed by atoms with Gasteiger partial charge < -0.3 is 15.0 Å². The number of hydrogen-bond acceptors (Lipinski definition) is 5. The highest BCUT2D eigenvalue weighted by atomic mass is 35.5. The van der Waals surface area contributed by atoms with Gasteiger partial charge in [0.05, 0.1) is 22.7 Å². The minimum atomic E-state index is -4.20. The molecule has 8 nitrogen and oxygen atoms in total. The van der Waals surface area contributed by atoms with E-state index in [9.17, 15) is 18.0 Å². The number of anilines is 1. The molecule has 0 aromatic heterocycles. The van der Waals surface area contributed by atoms with E-state index in [1.807, 2.05) is 33.8 Å². The number of methoxy groups -OCH3 is 1. The molecule has 0 aliphatic carbocycles. The molecule has 1 atom stereocenters. The predicted molar refractivity (Wildman–Crippen MR) is 158 cm³/mol. The lowest BCUT2D eigenvalue weighted by Crippen LogP contribution is -2.54. The van der Waals surface area contributed by atoms with E-state index >= 15 is 0 Å². The lowest BCUT2D eigenvalue weighted by Gasteiger charge is -2.33. The molecule has 0 radical (unpaired) electrons. The number of sulfonamides is 1. The Balaban J connectivity index is 2.06. The number of ether oxygens (including phenoxy) is 1. The van der Waals surface area contributed by atoms with Gasteiger partial charge in [-0.2, -0.15) is 0 Å². The predicted octanol–water partition coefficient (Wildman–Crippen LogP) is 5.18. The standard InChI is InChI=1S/C30H36ClN3O5S/c1-21-14-16-25(17-15-21)40(37,38)34(27-13-8-7-12-26(27)31)20-28(35)33(22(2)29(36)32-30(3,4)5)19-23-10-9-11-24(18-23)39-6/h7-18,22H,19-20H2,1-6H3,(H,32,36).